The SMILES string of the molecule is CCNC(c1cnccn1)C(OC)OC. The molecule has 0 saturated carbocycles. The highest BCUT2D eigenvalue weighted by Crippen LogP contribution is 2.16. The summed E-state index contributed by atoms with van der Waals surface area (Å²) in [6.45, 7) is 2.83. The first-order valence-corrected chi connectivity index (χ1v) is 4.88. The molecule has 0 radical (unpaired) electrons. The lowest BCUT2D eigenvalue weighted by molar-refractivity contribution is -0.124. The third-order valence-electron chi connectivity index (χ3n) is 2.06. The summed E-state index contributed by atoms with van der Waals surface area (Å²) in [4.78, 5) is 8.25. The molecule has 15 heavy (non-hydrogen) atoms. The minimum Gasteiger partial charge on any atom is -0.354 e. The number of hydrogen-bond acceptors (Lipinski definition) is 5. The minimum atomic E-state index is -0.360. The van der Waals surface area contributed by atoms with Crippen LogP contribution in [0.4, 0.5) is 0 Å². The Morgan fingerprint density at radius 2 is 2.07 bits per heavy atom. The summed E-state index contributed by atoms with van der Waals surface area (Å²) in [5.74, 6) is 0. The Morgan fingerprint density at radius 3 is 2.53 bits per heavy atom. The maximum atomic E-state index is 5.22. The van der Waals surface area contributed by atoms with Crippen LogP contribution in [0.2, 0.25) is 0 Å². The number of methoxy groups -OCH3 is 2. The van der Waals surface area contributed by atoms with E-state index in [0.29, 0.717) is 0 Å². The van der Waals surface area contributed by atoms with E-state index in [2.05, 4.69) is 15.3 Å². The van der Waals surface area contributed by atoms with Crippen molar-refractivity contribution in [2.24, 2.45) is 0 Å². The molecular weight excluding hydrogens is 194 g/mol. The molecule has 1 rings (SSSR count). The molecule has 0 saturated heterocycles. The van der Waals surface area contributed by atoms with E-state index < -0.39 is 0 Å². The summed E-state index contributed by atoms with van der Waals surface area (Å²) >= 11 is 0. The van der Waals surface area contributed by atoms with Crippen molar-refractivity contribution in [3.05, 3.63) is 24.3 Å². The van der Waals surface area contributed by atoms with Gasteiger partial charge in [0.1, 0.15) is 6.04 Å². The molecule has 0 aromatic carbocycles. The van der Waals surface area contributed by atoms with Crippen molar-refractivity contribution < 1.29 is 9.47 Å². The summed E-state index contributed by atoms with van der Waals surface area (Å²) in [6, 6.07) is -0.0984. The summed E-state index contributed by atoms with van der Waals surface area (Å²) < 4.78 is 10.4. The van der Waals surface area contributed by atoms with Crippen molar-refractivity contribution in [1.29, 1.82) is 0 Å². The number of rotatable bonds is 6. The molecule has 0 spiro atoms. The van der Waals surface area contributed by atoms with Gasteiger partial charge in [-0.15, -0.1) is 0 Å². The fraction of sp³-hybridized carbons (Fsp3) is 0.600. The molecule has 1 aromatic heterocycles. The topological polar surface area (TPSA) is 56.3 Å². The van der Waals surface area contributed by atoms with Gasteiger partial charge in [0.2, 0.25) is 0 Å². The van der Waals surface area contributed by atoms with E-state index in [1.165, 1.54) is 0 Å². The van der Waals surface area contributed by atoms with E-state index in [1.807, 2.05) is 6.92 Å². The molecule has 0 aliphatic heterocycles. The van der Waals surface area contributed by atoms with Crippen LogP contribution in [0.25, 0.3) is 0 Å². The van der Waals surface area contributed by atoms with Crippen LogP contribution in [0.5, 0.6) is 0 Å². The van der Waals surface area contributed by atoms with E-state index in [1.54, 1.807) is 32.8 Å². The fourth-order valence-electron chi connectivity index (χ4n) is 1.40. The fourth-order valence-corrected chi connectivity index (χ4v) is 1.40. The standard InChI is InChI=1S/C10H17N3O2/c1-4-12-9(10(14-2)15-3)8-7-11-5-6-13-8/h5-7,9-10,12H,4H2,1-3H3. The Morgan fingerprint density at radius 1 is 1.33 bits per heavy atom. The molecular formula is C10H17N3O2. The van der Waals surface area contributed by atoms with Crippen LogP contribution in [0.3, 0.4) is 0 Å². The van der Waals surface area contributed by atoms with Crippen LogP contribution < -0.4 is 5.32 Å². The van der Waals surface area contributed by atoms with Gasteiger partial charge in [0, 0.05) is 26.6 Å². The van der Waals surface area contributed by atoms with Gasteiger partial charge in [-0.05, 0) is 6.54 Å². The van der Waals surface area contributed by atoms with Crippen LogP contribution in [0.1, 0.15) is 18.7 Å². The van der Waals surface area contributed by atoms with Crippen LogP contribution in [-0.4, -0.2) is 37.0 Å². The third-order valence-corrected chi connectivity index (χ3v) is 2.06. The molecule has 1 aromatic rings. The predicted molar refractivity (Wildman–Crippen MR) is 56.3 cm³/mol. The molecule has 1 heterocycles. The van der Waals surface area contributed by atoms with Gasteiger partial charge in [-0.25, -0.2) is 0 Å². The van der Waals surface area contributed by atoms with E-state index in [0.717, 1.165) is 12.2 Å². The van der Waals surface area contributed by atoms with Crippen molar-refractivity contribution in [1.82, 2.24) is 15.3 Å². The average molecular weight is 211 g/mol. The van der Waals surface area contributed by atoms with Crippen LogP contribution in [-0.2, 0) is 9.47 Å². The quantitative estimate of drug-likeness (QED) is 0.703. The number of ether oxygens (including phenoxy) is 2. The van der Waals surface area contributed by atoms with Gasteiger partial charge in [-0.1, -0.05) is 6.92 Å². The van der Waals surface area contributed by atoms with Crippen molar-refractivity contribution in [2.45, 2.75) is 19.3 Å². The molecule has 1 atom stereocenters. The van der Waals surface area contributed by atoms with Crippen molar-refractivity contribution in [3.8, 4) is 0 Å². The molecule has 0 fully saturated rings. The summed E-state index contributed by atoms with van der Waals surface area (Å²) in [5.41, 5.74) is 0.813. The smallest absolute Gasteiger partial charge is 0.177 e. The number of nitrogens with one attached hydrogen (secondary N) is 1. The van der Waals surface area contributed by atoms with Gasteiger partial charge >= 0.3 is 0 Å². The third kappa shape index (κ3) is 3.23. The second-order valence-electron chi connectivity index (χ2n) is 3.01. The molecule has 0 aliphatic carbocycles. The molecule has 5 heteroatoms. The van der Waals surface area contributed by atoms with Gasteiger partial charge in [0.25, 0.3) is 0 Å². The first-order valence-electron chi connectivity index (χ1n) is 4.88. The highest BCUT2D eigenvalue weighted by atomic mass is 16.7. The van der Waals surface area contributed by atoms with Crippen LogP contribution in [0.15, 0.2) is 18.6 Å². The zero-order valence-corrected chi connectivity index (χ0v) is 9.30. The van der Waals surface area contributed by atoms with E-state index >= 15 is 0 Å². The Bertz CT molecular complexity index is 265. The first kappa shape index (κ1) is 12.0. The summed E-state index contributed by atoms with van der Waals surface area (Å²) in [7, 11) is 3.21. The lowest BCUT2D eigenvalue weighted by Gasteiger charge is -2.24. The van der Waals surface area contributed by atoms with Crippen molar-refractivity contribution in [3.63, 3.8) is 0 Å². The lowest BCUT2D eigenvalue weighted by Crippen LogP contribution is -2.35. The van der Waals surface area contributed by atoms with Gasteiger partial charge < -0.3 is 14.8 Å². The second kappa shape index (κ2) is 6.44. The van der Waals surface area contributed by atoms with E-state index in [4.69, 9.17) is 9.47 Å². The van der Waals surface area contributed by atoms with Gasteiger partial charge in [0.15, 0.2) is 6.29 Å². The maximum Gasteiger partial charge on any atom is 0.177 e. The molecule has 0 amide bonds. The van der Waals surface area contributed by atoms with Crippen molar-refractivity contribution in [2.75, 3.05) is 20.8 Å². The highest BCUT2D eigenvalue weighted by molar-refractivity contribution is 5.03. The average Bonchev–Trinajstić information content (AvgIpc) is 2.30. The largest absolute Gasteiger partial charge is 0.354 e. The molecule has 1 unspecified atom stereocenters. The number of likely N-dealkylation sites (N-methyl/N-ethyl adjacent to an activating group) is 1. The number of hydrogen-bond donors (Lipinski definition) is 1. The normalized spacial score (nSPS) is 13.1. The van der Waals surface area contributed by atoms with E-state index in [-0.39, 0.29) is 12.3 Å². The first-order chi connectivity index (χ1) is 7.33. The van der Waals surface area contributed by atoms with Crippen LogP contribution in [0, 0.1) is 0 Å². The van der Waals surface area contributed by atoms with Crippen LogP contribution >= 0.6 is 0 Å². The Kier molecular flexibility index (Phi) is 5.17. The molecule has 5 nitrogen and oxygen atoms in total. The predicted octanol–water partition coefficient (Wildman–Crippen LogP) is 0.746. The number of nitrogens with zero attached hydrogens (tertiary/aromatic N) is 2. The maximum absolute atomic E-state index is 5.22. The molecule has 1 N–H and O–H groups in total. The molecule has 84 valence electrons. The Labute approximate surface area is 89.8 Å². The summed E-state index contributed by atoms with van der Waals surface area (Å²) in [6.07, 6.45) is 4.64. The zero-order valence-electron chi connectivity index (χ0n) is 9.30. The molecule has 0 aliphatic rings. The Hall–Kier alpha value is -1.04. The van der Waals surface area contributed by atoms with E-state index in [9.17, 15) is 0 Å². The monoisotopic (exact) mass is 211 g/mol. The minimum absolute atomic E-state index is 0.0984. The van der Waals surface area contributed by atoms with Gasteiger partial charge in [-0.3, -0.25) is 9.97 Å². The highest BCUT2D eigenvalue weighted by Gasteiger charge is 2.23. The molecule has 0 bridgehead atoms. The lowest BCUT2D eigenvalue weighted by atomic mass is 10.2. The zero-order chi connectivity index (χ0) is 11.1. The second-order valence-corrected chi connectivity index (χ2v) is 3.01. The number of aromatic nitrogens is 2. The van der Waals surface area contributed by atoms with Gasteiger partial charge in [-0.2, -0.15) is 0 Å². The Balaban J connectivity index is 2.81. The van der Waals surface area contributed by atoms with Crippen molar-refractivity contribution >= 4 is 0 Å². The van der Waals surface area contributed by atoms with Gasteiger partial charge in [0.05, 0.1) is 11.9 Å². The summed E-state index contributed by atoms with van der Waals surface area (Å²) in [5, 5.41) is 3.25.